The fraction of sp³-hybridized carbons (Fsp3) is 0.500. The Morgan fingerprint density at radius 2 is 2.45 bits per heavy atom. The molecule has 0 atom stereocenters. The van der Waals surface area contributed by atoms with Crippen LogP contribution in [-0.2, 0) is 13.0 Å². The molecule has 0 amide bonds. The van der Waals surface area contributed by atoms with Crippen LogP contribution < -0.4 is 0 Å². The van der Waals surface area contributed by atoms with Crippen LogP contribution in [0.2, 0.25) is 0 Å². The first-order valence-corrected chi connectivity index (χ1v) is 3.65. The Morgan fingerprint density at radius 3 is 3.00 bits per heavy atom. The summed E-state index contributed by atoms with van der Waals surface area (Å²) < 4.78 is 1.75. The molecule has 0 saturated carbocycles. The minimum atomic E-state index is 0.642. The summed E-state index contributed by atoms with van der Waals surface area (Å²) in [7, 11) is 0. The van der Waals surface area contributed by atoms with Crippen LogP contribution in [0.4, 0.5) is 0 Å². The minimum Gasteiger partial charge on any atom is -0.240 e. The Morgan fingerprint density at radius 1 is 1.64 bits per heavy atom. The molecular formula is C8H11N3. The van der Waals surface area contributed by atoms with Gasteiger partial charge in [-0.1, -0.05) is 18.1 Å². The average Bonchev–Trinajstić information content (AvgIpc) is 2.48. The maximum Gasteiger partial charge on any atom is 0.103 e. The Bertz CT molecular complexity index is 277. The van der Waals surface area contributed by atoms with E-state index in [1.54, 1.807) is 4.68 Å². The molecule has 0 unspecified atom stereocenters. The van der Waals surface area contributed by atoms with Crippen LogP contribution in [0.3, 0.4) is 0 Å². The molecule has 0 saturated heterocycles. The molecule has 0 radical (unpaired) electrons. The van der Waals surface area contributed by atoms with Crippen molar-refractivity contribution in [1.29, 1.82) is 0 Å². The molecule has 0 aliphatic carbocycles. The van der Waals surface area contributed by atoms with Gasteiger partial charge in [-0.2, -0.15) is 0 Å². The second kappa shape index (κ2) is 3.77. The Balaban J connectivity index is 2.62. The summed E-state index contributed by atoms with van der Waals surface area (Å²) in [6.45, 7) is 4.51. The third-order valence-corrected chi connectivity index (χ3v) is 1.37. The van der Waals surface area contributed by atoms with E-state index in [-0.39, 0.29) is 0 Å². The van der Waals surface area contributed by atoms with Gasteiger partial charge in [-0.3, -0.25) is 0 Å². The van der Waals surface area contributed by atoms with Crippen molar-refractivity contribution < 1.29 is 0 Å². The Kier molecular flexibility index (Phi) is 2.67. The van der Waals surface area contributed by atoms with E-state index in [4.69, 9.17) is 0 Å². The van der Waals surface area contributed by atoms with Gasteiger partial charge in [0.25, 0.3) is 0 Å². The fourth-order valence-corrected chi connectivity index (χ4v) is 0.738. The van der Waals surface area contributed by atoms with Crippen molar-refractivity contribution in [2.24, 2.45) is 0 Å². The van der Waals surface area contributed by atoms with E-state index in [0.29, 0.717) is 6.54 Å². The number of aryl methyl sites for hydroxylation is 1. The van der Waals surface area contributed by atoms with Gasteiger partial charge in [-0.25, -0.2) is 4.68 Å². The number of hydrogen-bond acceptors (Lipinski definition) is 2. The molecule has 0 N–H and O–H groups in total. The monoisotopic (exact) mass is 149 g/mol. The maximum atomic E-state index is 3.93. The van der Waals surface area contributed by atoms with E-state index in [0.717, 1.165) is 12.1 Å². The van der Waals surface area contributed by atoms with Gasteiger partial charge in [-0.05, 0) is 13.3 Å². The van der Waals surface area contributed by atoms with Gasteiger partial charge in [-0.15, -0.1) is 11.0 Å². The lowest BCUT2D eigenvalue weighted by Gasteiger charge is -1.87. The van der Waals surface area contributed by atoms with Crippen molar-refractivity contribution in [3.8, 4) is 11.8 Å². The second-order valence-electron chi connectivity index (χ2n) is 2.19. The van der Waals surface area contributed by atoms with Crippen LogP contribution in [-0.4, -0.2) is 15.0 Å². The van der Waals surface area contributed by atoms with Gasteiger partial charge in [0, 0.05) is 6.20 Å². The lowest BCUT2D eigenvalue weighted by atomic mass is 10.4. The van der Waals surface area contributed by atoms with E-state index in [2.05, 4.69) is 29.1 Å². The largest absolute Gasteiger partial charge is 0.240 e. The first kappa shape index (κ1) is 7.80. The van der Waals surface area contributed by atoms with Crippen molar-refractivity contribution in [3.05, 3.63) is 11.9 Å². The van der Waals surface area contributed by atoms with Crippen LogP contribution in [0.25, 0.3) is 0 Å². The number of nitrogens with zero attached hydrogens (tertiary/aromatic N) is 3. The standard InChI is InChI=1S/C8H11N3/c1-3-5-6-11-7-8(4-2)9-10-11/h7H,4,6H2,1-2H3. The average molecular weight is 149 g/mol. The first-order chi connectivity index (χ1) is 5.36. The number of rotatable bonds is 2. The highest BCUT2D eigenvalue weighted by atomic mass is 15.4. The van der Waals surface area contributed by atoms with Crippen molar-refractivity contribution in [2.45, 2.75) is 26.8 Å². The lowest BCUT2D eigenvalue weighted by molar-refractivity contribution is 0.672. The van der Waals surface area contributed by atoms with Gasteiger partial charge < -0.3 is 0 Å². The molecule has 3 nitrogen and oxygen atoms in total. The van der Waals surface area contributed by atoms with E-state index < -0.39 is 0 Å². The van der Waals surface area contributed by atoms with E-state index >= 15 is 0 Å². The summed E-state index contributed by atoms with van der Waals surface area (Å²) in [4.78, 5) is 0. The summed E-state index contributed by atoms with van der Waals surface area (Å²) in [6.07, 6.45) is 2.85. The summed E-state index contributed by atoms with van der Waals surface area (Å²) in [5.41, 5.74) is 1.02. The number of hydrogen-bond donors (Lipinski definition) is 0. The van der Waals surface area contributed by atoms with Crippen molar-refractivity contribution in [3.63, 3.8) is 0 Å². The summed E-state index contributed by atoms with van der Waals surface area (Å²) in [6, 6.07) is 0. The summed E-state index contributed by atoms with van der Waals surface area (Å²) in [5.74, 6) is 5.72. The van der Waals surface area contributed by atoms with Crippen molar-refractivity contribution in [2.75, 3.05) is 0 Å². The van der Waals surface area contributed by atoms with Crippen LogP contribution in [0.5, 0.6) is 0 Å². The Hall–Kier alpha value is -1.30. The molecule has 0 fully saturated rings. The third-order valence-electron chi connectivity index (χ3n) is 1.37. The predicted octanol–water partition coefficient (Wildman–Crippen LogP) is 0.864. The molecule has 0 bridgehead atoms. The van der Waals surface area contributed by atoms with Crippen LogP contribution in [0, 0.1) is 11.8 Å². The molecule has 0 aliphatic rings. The van der Waals surface area contributed by atoms with Gasteiger partial charge in [0.15, 0.2) is 0 Å². The van der Waals surface area contributed by atoms with Gasteiger partial charge in [0.05, 0.1) is 5.69 Å². The second-order valence-corrected chi connectivity index (χ2v) is 2.19. The molecule has 1 heterocycles. The van der Waals surface area contributed by atoms with Gasteiger partial charge in [0.2, 0.25) is 0 Å². The van der Waals surface area contributed by atoms with E-state index in [1.807, 2.05) is 13.1 Å². The smallest absolute Gasteiger partial charge is 0.103 e. The zero-order valence-corrected chi connectivity index (χ0v) is 6.83. The Labute approximate surface area is 66.4 Å². The molecular weight excluding hydrogens is 138 g/mol. The molecule has 0 aliphatic heterocycles. The lowest BCUT2D eigenvalue weighted by Crippen LogP contribution is -1.95. The highest BCUT2D eigenvalue weighted by Crippen LogP contribution is 1.92. The van der Waals surface area contributed by atoms with E-state index in [9.17, 15) is 0 Å². The quantitative estimate of drug-likeness (QED) is 0.584. The zero-order chi connectivity index (χ0) is 8.10. The van der Waals surface area contributed by atoms with Gasteiger partial charge in [0.1, 0.15) is 6.54 Å². The normalized spacial score (nSPS) is 8.91. The molecule has 0 spiro atoms. The van der Waals surface area contributed by atoms with Crippen LogP contribution in [0.1, 0.15) is 19.5 Å². The summed E-state index contributed by atoms with van der Waals surface area (Å²) >= 11 is 0. The van der Waals surface area contributed by atoms with E-state index in [1.165, 1.54) is 0 Å². The maximum absolute atomic E-state index is 3.93. The van der Waals surface area contributed by atoms with Crippen LogP contribution in [0.15, 0.2) is 6.20 Å². The molecule has 1 aromatic rings. The molecule has 11 heavy (non-hydrogen) atoms. The molecule has 3 heteroatoms. The third kappa shape index (κ3) is 2.08. The highest BCUT2D eigenvalue weighted by molar-refractivity contribution is 4.97. The zero-order valence-electron chi connectivity index (χ0n) is 6.83. The molecule has 0 aromatic carbocycles. The number of aromatic nitrogens is 3. The highest BCUT2D eigenvalue weighted by Gasteiger charge is 1.94. The molecule has 1 aromatic heterocycles. The van der Waals surface area contributed by atoms with Gasteiger partial charge >= 0.3 is 0 Å². The molecule has 1 rings (SSSR count). The van der Waals surface area contributed by atoms with Crippen molar-refractivity contribution >= 4 is 0 Å². The SMILES string of the molecule is CC#CCn1cc(CC)nn1. The van der Waals surface area contributed by atoms with Crippen molar-refractivity contribution in [1.82, 2.24) is 15.0 Å². The molecule has 58 valence electrons. The predicted molar refractivity (Wildman–Crippen MR) is 42.9 cm³/mol. The first-order valence-electron chi connectivity index (χ1n) is 3.65. The minimum absolute atomic E-state index is 0.642. The fourth-order valence-electron chi connectivity index (χ4n) is 0.738. The van der Waals surface area contributed by atoms with Crippen LogP contribution >= 0.6 is 0 Å². The topological polar surface area (TPSA) is 30.7 Å². The summed E-state index contributed by atoms with van der Waals surface area (Å²) in [5, 5.41) is 7.82.